The van der Waals surface area contributed by atoms with Gasteiger partial charge < -0.3 is 9.84 Å². The number of non-ortho nitro benzene ring substituents is 1. The SMILES string of the molecule is O=C(COCc1ccccc1)CC(O)c1ccc([N+](=O)[O-])cc1. The van der Waals surface area contributed by atoms with Crippen molar-refractivity contribution in [2.75, 3.05) is 6.61 Å². The lowest BCUT2D eigenvalue weighted by Crippen LogP contribution is -2.13. The Hall–Kier alpha value is -2.57. The van der Waals surface area contributed by atoms with Crippen LogP contribution in [0.5, 0.6) is 0 Å². The van der Waals surface area contributed by atoms with E-state index in [-0.39, 0.29) is 24.5 Å². The van der Waals surface area contributed by atoms with Gasteiger partial charge in [-0.2, -0.15) is 0 Å². The first-order valence-electron chi connectivity index (χ1n) is 7.12. The van der Waals surface area contributed by atoms with Crippen molar-refractivity contribution >= 4 is 11.5 Å². The number of aliphatic hydroxyl groups is 1. The number of Topliss-reactive ketones (excluding diaryl/α,β-unsaturated/α-hetero) is 1. The van der Waals surface area contributed by atoms with E-state index in [1.54, 1.807) is 0 Å². The molecule has 0 aromatic heterocycles. The Morgan fingerprint density at radius 1 is 1.13 bits per heavy atom. The highest BCUT2D eigenvalue weighted by Crippen LogP contribution is 2.20. The van der Waals surface area contributed by atoms with Crippen molar-refractivity contribution < 1.29 is 19.6 Å². The lowest BCUT2D eigenvalue weighted by atomic mass is 10.0. The van der Waals surface area contributed by atoms with Crippen LogP contribution in [0.4, 0.5) is 5.69 Å². The molecule has 0 bridgehead atoms. The molecule has 1 atom stereocenters. The summed E-state index contributed by atoms with van der Waals surface area (Å²) < 4.78 is 5.32. The van der Waals surface area contributed by atoms with Gasteiger partial charge in [0.2, 0.25) is 0 Å². The number of rotatable bonds is 8. The van der Waals surface area contributed by atoms with E-state index in [4.69, 9.17) is 4.74 Å². The topological polar surface area (TPSA) is 89.7 Å². The molecule has 23 heavy (non-hydrogen) atoms. The highest BCUT2D eigenvalue weighted by Gasteiger charge is 2.14. The monoisotopic (exact) mass is 315 g/mol. The Morgan fingerprint density at radius 2 is 1.78 bits per heavy atom. The largest absolute Gasteiger partial charge is 0.388 e. The summed E-state index contributed by atoms with van der Waals surface area (Å²) in [6.45, 7) is 0.249. The summed E-state index contributed by atoms with van der Waals surface area (Å²) in [5, 5.41) is 20.6. The maximum absolute atomic E-state index is 11.8. The summed E-state index contributed by atoms with van der Waals surface area (Å²) in [6, 6.07) is 15.0. The van der Waals surface area contributed by atoms with Gasteiger partial charge in [-0.1, -0.05) is 30.3 Å². The molecule has 2 aromatic carbocycles. The molecule has 2 aromatic rings. The van der Waals surface area contributed by atoms with Crippen LogP contribution in [-0.4, -0.2) is 22.4 Å². The Bertz CT molecular complexity index is 654. The van der Waals surface area contributed by atoms with Crippen LogP contribution in [0.3, 0.4) is 0 Å². The Balaban J connectivity index is 1.79. The van der Waals surface area contributed by atoms with Gasteiger partial charge in [0.1, 0.15) is 6.61 Å². The van der Waals surface area contributed by atoms with E-state index in [1.165, 1.54) is 24.3 Å². The molecule has 0 aliphatic carbocycles. The van der Waals surface area contributed by atoms with Gasteiger partial charge in [0.15, 0.2) is 5.78 Å². The maximum Gasteiger partial charge on any atom is 0.269 e. The van der Waals surface area contributed by atoms with Gasteiger partial charge in [-0.15, -0.1) is 0 Å². The zero-order valence-corrected chi connectivity index (χ0v) is 12.4. The van der Waals surface area contributed by atoms with Crippen molar-refractivity contribution in [2.24, 2.45) is 0 Å². The number of carbonyl (C=O) groups is 1. The molecular weight excluding hydrogens is 298 g/mol. The van der Waals surface area contributed by atoms with Crippen LogP contribution in [0.2, 0.25) is 0 Å². The highest BCUT2D eigenvalue weighted by atomic mass is 16.6. The molecule has 0 saturated carbocycles. The average molecular weight is 315 g/mol. The van der Waals surface area contributed by atoms with Crippen LogP contribution in [-0.2, 0) is 16.1 Å². The van der Waals surface area contributed by atoms with Crippen LogP contribution >= 0.6 is 0 Å². The molecule has 0 fully saturated rings. The lowest BCUT2D eigenvalue weighted by Gasteiger charge is -2.10. The number of carbonyl (C=O) groups excluding carboxylic acids is 1. The molecule has 0 spiro atoms. The van der Waals surface area contributed by atoms with E-state index in [1.807, 2.05) is 30.3 Å². The van der Waals surface area contributed by atoms with Crippen molar-refractivity contribution in [3.63, 3.8) is 0 Å². The number of ketones is 1. The van der Waals surface area contributed by atoms with Gasteiger partial charge in [0.25, 0.3) is 5.69 Å². The molecule has 6 nitrogen and oxygen atoms in total. The molecule has 0 radical (unpaired) electrons. The third kappa shape index (κ3) is 5.28. The fourth-order valence-corrected chi connectivity index (χ4v) is 2.07. The fourth-order valence-electron chi connectivity index (χ4n) is 2.07. The van der Waals surface area contributed by atoms with Gasteiger partial charge in [0, 0.05) is 18.6 Å². The first kappa shape index (κ1) is 16.8. The predicted octanol–water partition coefficient (Wildman–Crippen LogP) is 2.80. The zero-order chi connectivity index (χ0) is 16.7. The molecule has 1 N–H and O–H groups in total. The second-order valence-electron chi connectivity index (χ2n) is 5.09. The van der Waals surface area contributed by atoms with Crippen molar-refractivity contribution in [2.45, 2.75) is 19.1 Å². The minimum absolute atomic E-state index is 0.0570. The summed E-state index contributed by atoms with van der Waals surface area (Å²) in [7, 11) is 0. The smallest absolute Gasteiger partial charge is 0.269 e. The van der Waals surface area contributed by atoms with Crippen LogP contribution in [0.15, 0.2) is 54.6 Å². The summed E-state index contributed by atoms with van der Waals surface area (Å²) in [6.07, 6.45) is -1.09. The molecule has 120 valence electrons. The van der Waals surface area contributed by atoms with E-state index in [2.05, 4.69) is 0 Å². The van der Waals surface area contributed by atoms with Crippen molar-refractivity contribution in [1.29, 1.82) is 0 Å². The molecule has 2 rings (SSSR count). The van der Waals surface area contributed by atoms with Crippen molar-refractivity contribution in [3.05, 3.63) is 75.8 Å². The van der Waals surface area contributed by atoms with E-state index >= 15 is 0 Å². The summed E-state index contributed by atoms with van der Waals surface area (Å²) >= 11 is 0. The quantitative estimate of drug-likeness (QED) is 0.597. The predicted molar refractivity (Wildman–Crippen MR) is 83.8 cm³/mol. The number of aliphatic hydroxyl groups excluding tert-OH is 1. The molecule has 0 amide bonds. The van der Waals surface area contributed by atoms with Gasteiger partial charge in [-0.3, -0.25) is 14.9 Å². The highest BCUT2D eigenvalue weighted by molar-refractivity contribution is 5.80. The molecule has 1 unspecified atom stereocenters. The van der Waals surface area contributed by atoms with Crippen molar-refractivity contribution in [1.82, 2.24) is 0 Å². The van der Waals surface area contributed by atoms with Gasteiger partial charge in [-0.25, -0.2) is 0 Å². The third-order valence-corrected chi connectivity index (χ3v) is 3.28. The maximum atomic E-state index is 11.8. The van der Waals surface area contributed by atoms with Gasteiger partial charge in [-0.05, 0) is 23.3 Å². The van der Waals surface area contributed by atoms with Crippen LogP contribution in [0, 0.1) is 10.1 Å². The fraction of sp³-hybridized carbons (Fsp3) is 0.235. The number of nitrogens with zero attached hydrogens (tertiary/aromatic N) is 1. The zero-order valence-electron chi connectivity index (χ0n) is 12.4. The van der Waals surface area contributed by atoms with Crippen LogP contribution in [0.1, 0.15) is 23.7 Å². The first-order valence-corrected chi connectivity index (χ1v) is 7.12. The second kappa shape index (κ2) is 8.17. The van der Waals surface area contributed by atoms with Crippen LogP contribution < -0.4 is 0 Å². The number of benzene rings is 2. The second-order valence-corrected chi connectivity index (χ2v) is 5.09. The Labute approximate surface area is 133 Å². The van der Waals surface area contributed by atoms with Gasteiger partial charge >= 0.3 is 0 Å². The van der Waals surface area contributed by atoms with E-state index in [0.29, 0.717) is 12.2 Å². The van der Waals surface area contributed by atoms with Gasteiger partial charge in [0.05, 0.1) is 17.6 Å². The molecule has 0 aliphatic rings. The first-order chi connectivity index (χ1) is 11.1. The minimum Gasteiger partial charge on any atom is -0.388 e. The molecule has 0 heterocycles. The number of nitro groups is 1. The van der Waals surface area contributed by atoms with E-state index in [0.717, 1.165) is 5.56 Å². The third-order valence-electron chi connectivity index (χ3n) is 3.28. The average Bonchev–Trinajstić information content (AvgIpc) is 2.56. The number of hydrogen-bond acceptors (Lipinski definition) is 5. The number of hydrogen-bond donors (Lipinski definition) is 1. The van der Waals surface area contributed by atoms with Crippen molar-refractivity contribution in [3.8, 4) is 0 Å². The molecular formula is C17H17NO5. The minimum atomic E-state index is -0.997. The van der Waals surface area contributed by atoms with Crippen LogP contribution in [0.25, 0.3) is 0 Å². The molecule has 6 heteroatoms. The molecule has 0 saturated heterocycles. The lowest BCUT2D eigenvalue weighted by molar-refractivity contribution is -0.384. The number of ether oxygens (including phenoxy) is 1. The van der Waals surface area contributed by atoms with E-state index in [9.17, 15) is 20.0 Å². The number of nitro benzene ring substituents is 1. The summed E-state index contributed by atoms with van der Waals surface area (Å²) in [4.78, 5) is 21.9. The normalized spacial score (nSPS) is 11.9. The Morgan fingerprint density at radius 3 is 2.39 bits per heavy atom. The molecule has 0 aliphatic heterocycles. The Kier molecular flexibility index (Phi) is 5.96. The summed E-state index contributed by atoms with van der Waals surface area (Å²) in [5.74, 6) is -0.230. The standard InChI is InChI=1S/C17H17NO5/c19-16(12-23-11-13-4-2-1-3-5-13)10-17(20)14-6-8-15(9-7-14)18(21)22/h1-9,17,20H,10-12H2. The van der Waals surface area contributed by atoms with E-state index < -0.39 is 11.0 Å². The summed E-state index contributed by atoms with van der Waals surface area (Å²) in [5.41, 5.74) is 1.38.